The van der Waals surface area contributed by atoms with Crippen LogP contribution in [-0.4, -0.2) is 25.1 Å². The van der Waals surface area contributed by atoms with Gasteiger partial charge in [0, 0.05) is 18.8 Å². The third kappa shape index (κ3) is 10.6. The van der Waals surface area contributed by atoms with Gasteiger partial charge in [0.2, 0.25) is 0 Å². The van der Waals surface area contributed by atoms with Crippen molar-refractivity contribution in [3.05, 3.63) is 0 Å². The summed E-state index contributed by atoms with van der Waals surface area (Å²) in [6.45, 7) is 5.35. The Kier molecular flexibility index (Phi) is 7.40. The molecule has 0 aromatic rings. The molecule has 0 amide bonds. The zero-order valence-corrected chi connectivity index (χ0v) is 10.7. The van der Waals surface area contributed by atoms with Gasteiger partial charge in [-0.3, -0.25) is 0 Å². The summed E-state index contributed by atoms with van der Waals surface area (Å²) in [6, 6.07) is 0. The minimum absolute atomic E-state index is 0.104. The van der Waals surface area contributed by atoms with E-state index >= 15 is 0 Å². The normalized spacial score (nSPS) is 13.1. The molecule has 0 saturated carbocycles. The largest absolute Gasteiger partial charge is 0.389 e. The number of halogens is 4. The highest BCUT2D eigenvalue weighted by atomic mass is 35.5. The summed E-state index contributed by atoms with van der Waals surface area (Å²) in [7, 11) is 0. The Morgan fingerprint density at radius 1 is 1.06 bits per heavy atom. The summed E-state index contributed by atoms with van der Waals surface area (Å²) in [5.74, 6) is 0.636. The third-order valence-corrected chi connectivity index (χ3v) is 2.67. The van der Waals surface area contributed by atoms with E-state index in [1.165, 1.54) is 0 Å². The van der Waals surface area contributed by atoms with Crippen LogP contribution in [0.4, 0.5) is 13.2 Å². The number of hydrogen-bond donors (Lipinski definition) is 1. The third-order valence-electron chi connectivity index (χ3n) is 2.40. The molecule has 1 nitrogen and oxygen atoms in total. The van der Waals surface area contributed by atoms with Gasteiger partial charge in [-0.15, -0.1) is 11.6 Å². The van der Waals surface area contributed by atoms with Crippen molar-refractivity contribution in [3.8, 4) is 0 Å². The van der Waals surface area contributed by atoms with Crippen molar-refractivity contribution in [1.82, 2.24) is 5.32 Å². The molecule has 1 N–H and O–H groups in total. The van der Waals surface area contributed by atoms with Crippen LogP contribution in [0.2, 0.25) is 0 Å². The zero-order chi connectivity index (χ0) is 12.7. The van der Waals surface area contributed by atoms with Crippen molar-refractivity contribution in [1.29, 1.82) is 0 Å². The predicted octanol–water partition coefficient (Wildman–Crippen LogP) is 3.96. The molecule has 0 aliphatic carbocycles. The van der Waals surface area contributed by atoms with Crippen LogP contribution in [0.25, 0.3) is 0 Å². The van der Waals surface area contributed by atoms with Crippen LogP contribution < -0.4 is 5.32 Å². The zero-order valence-electron chi connectivity index (χ0n) is 9.96. The van der Waals surface area contributed by atoms with Crippen LogP contribution in [0.15, 0.2) is 0 Å². The summed E-state index contributed by atoms with van der Waals surface area (Å²) in [5.41, 5.74) is 0.104. The van der Waals surface area contributed by atoms with Crippen LogP contribution in [0.5, 0.6) is 0 Å². The molecule has 98 valence electrons. The van der Waals surface area contributed by atoms with E-state index in [2.05, 4.69) is 19.2 Å². The van der Waals surface area contributed by atoms with Gasteiger partial charge in [0.15, 0.2) is 0 Å². The average molecular weight is 260 g/mol. The fourth-order valence-corrected chi connectivity index (χ4v) is 1.61. The Balaban J connectivity index is 3.50. The molecule has 0 heterocycles. The molecule has 0 rings (SSSR count). The Morgan fingerprint density at radius 3 is 2.19 bits per heavy atom. The van der Waals surface area contributed by atoms with Crippen molar-refractivity contribution in [2.24, 2.45) is 5.41 Å². The van der Waals surface area contributed by atoms with Gasteiger partial charge in [-0.25, -0.2) is 0 Å². The van der Waals surface area contributed by atoms with Crippen molar-refractivity contribution in [2.75, 3.05) is 19.0 Å². The standard InChI is InChI=1S/C11H21ClF3N/c1-10(2,5-3-7-12)9-16-8-4-6-11(13,14)15/h16H,3-9H2,1-2H3. The lowest BCUT2D eigenvalue weighted by Gasteiger charge is -2.24. The first-order valence-electron chi connectivity index (χ1n) is 5.60. The van der Waals surface area contributed by atoms with Crippen LogP contribution in [0.3, 0.4) is 0 Å². The molecule has 5 heteroatoms. The molecule has 0 saturated heterocycles. The molecule has 0 unspecified atom stereocenters. The quantitative estimate of drug-likeness (QED) is 0.514. The number of nitrogens with one attached hydrogen (secondary N) is 1. The van der Waals surface area contributed by atoms with Crippen LogP contribution >= 0.6 is 11.6 Å². The minimum Gasteiger partial charge on any atom is -0.316 e. The highest BCUT2D eigenvalue weighted by molar-refractivity contribution is 6.17. The van der Waals surface area contributed by atoms with E-state index in [1.54, 1.807) is 0 Å². The van der Waals surface area contributed by atoms with Crippen molar-refractivity contribution >= 4 is 11.6 Å². The van der Waals surface area contributed by atoms with E-state index in [4.69, 9.17) is 11.6 Å². The monoisotopic (exact) mass is 259 g/mol. The smallest absolute Gasteiger partial charge is 0.316 e. The summed E-state index contributed by atoms with van der Waals surface area (Å²) >= 11 is 5.60. The van der Waals surface area contributed by atoms with E-state index in [9.17, 15) is 13.2 Å². The Bertz CT molecular complexity index is 181. The van der Waals surface area contributed by atoms with Crippen LogP contribution in [0.1, 0.15) is 39.5 Å². The molecule has 0 atom stereocenters. The molecular formula is C11H21ClF3N. The molecule has 0 radical (unpaired) electrons. The van der Waals surface area contributed by atoms with Gasteiger partial charge < -0.3 is 5.32 Å². The van der Waals surface area contributed by atoms with Gasteiger partial charge in [0.05, 0.1) is 0 Å². The summed E-state index contributed by atoms with van der Waals surface area (Å²) in [6.07, 6.45) is -2.66. The van der Waals surface area contributed by atoms with Crippen molar-refractivity contribution < 1.29 is 13.2 Å². The molecule has 16 heavy (non-hydrogen) atoms. The van der Waals surface area contributed by atoms with E-state index in [1.807, 2.05) is 0 Å². The first-order chi connectivity index (χ1) is 7.27. The van der Waals surface area contributed by atoms with Gasteiger partial charge in [-0.1, -0.05) is 13.8 Å². The molecule has 0 aliphatic heterocycles. The molecule has 0 spiro atoms. The fraction of sp³-hybridized carbons (Fsp3) is 1.00. The van der Waals surface area contributed by atoms with E-state index in [-0.39, 0.29) is 11.8 Å². The second-order valence-corrected chi connectivity index (χ2v) is 5.23. The second-order valence-electron chi connectivity index (χ2n) is 4.85. The SMILES string of the molecule is CC(C)(CCCCl)CNCCCC(F)(F)F. The highest BCUT2D eigenvalue weighted by Crippen LogP contribution is 2.22. The highest BCUT2D eigenvalue weighted by Gasteiger charge is 2.26. The van der Waals surface area contributed by atoms with E-state index in [0.717, 1.165) is 19.4 Å². The number of hydrogen-bond acceptors (Lipinski definition) is 1. The minimum atomic E-state index is -4.03. The van der Waals surface area contributed by atoms with E-state index < -0.39 is 12.6 Å². The number of rotatable bonds is 8. The molecule has 0 aliphatic rings. The first-order valence-corrected chi connectivity index (χ1v) is 6.14. The maximum Gasteiger partial charge on any atom is 0.389 e. The Hall–Kier alpha value is 0.0400. The lowest BCUT2D eigenvalue weighted by molar-refractivity contribution is -0.135. The van der Waals surface area contributed by atoms with Gasteiger partial charge in [0.25, 0.3) is 0 Å². The second kappa shape index (κ2) is 7.38. The number of alkyl halides is 4. The van der Waals surface area contributed by atoms with Gasteiger partial charge in [0.1, 0.15) is 0 Å². The maximum atomic E-state index is 11.8. The lowest BCUT2D eigenvalue weighted by Crippen LogP contribution is -2.30. The fourth-order valence-electron chi connectivity index (χ4n) is 1.47. The molecule has 0 bridgehead atoms. The first kappa shape index (κ1) is 16.0. The Morgan fingerprint density at radius 2 is 1.69 bits per heavy atom. The van der Waals surface area contributed by atoms with Crippen LogP contribution in [-0.2, 0) is 0 Å². The predicted molar refractivity (Wildman–Crippen MR) is 61.9 cm³/mol. The maximum absolute atomic E-state index is 11.8. The molecule has 0 fully saturated rings. The summed E-state index contributed by atoms with van der Waals surface area (Å²) in [5, 5.41) is 3.06. The van der Waals surface area contributed by atoms with Crippen molar-refractivity contribution in [3.63, 3.8) is 0 Å². The van der Waals surface area contributed by atoms with Gasteiger partial charge in [-0.05, 0) is 31.2 Å². The summed E-state index contributed by atoms with van der Waals surface area (Å²) in [4.78, 5) is 0. The van der Waals surface area contributed by atoms with E-state index in [0.29, 0.717) is 12.4 Å². The lowest BCUT2D eigenvalue weighted by atomic mass is 9.88. The molecule has 0 aromatic carbocycles. The molecule has 0 aromatic heterocycles. The molecular weight excluding hydrogens is 239 g/mol. The summed E-state index contributed by atoms with van der Waals surface area (Å²) < 4.78 is 35.5. The Labute approximate surface area is 101 Å². The topological polar surface area (TPSA) is 12.0 Å². The van der Waals surface area contributed by atoms with Crippen molar-refractivity contribution in [2.45, 2.75) is 45.7 Å². The van der Waals surface area contributed by atoms with Crippen LogP contribution in [0, 0.1) is 5.41 Å². The van der Waals surface area contributed by atoms with Gasteiger partial charge in [-0.2, -0.15) is 13.2 Å². The van der Waals surface area contributed by atoms with Gasteiger partial charge >= 0.3 is 6.18 Å². The average Bonchev–Trinajstić information content (AvgIpc) is 2.12.